The molecular formula is C136H86N12S. The third-order valence-corrected chi connectivity index (χ3v) is 33.0. The van der Waals surface area contributed by atoms with E-state index in [0.717, 1.165) is 173 Å². The highest BCUT2D eigenvalue weighted by Gasteiger charge is 2.47. The van der Waals surface area contributed by atoms with Crippen LogP contribution in [0.25, 0.3) is 231 Å². The van der Waals surface area contributed by atoms with Gasteiger partial charge in [-0.05, 0) is 259 Å². The lowest BCUT2D eigenvalue weighted by Gasteiger charge is -2.34. The molecule has 0 fully saturated rings. The SMILES string of the molecule is CC1(C)c2cc3c4ccccc4n(-c4ccc(-c5nc6ccccc6c6cc(-c7ccccc7)nn56)cc4)c3cc2-c2cccc(-c3ccc4nc(-c5ccc(-n6c7ccccc7c7cc8c(cc76)-c6ccccc6C8(c6ccccc6)c6ccc(-c7ccc8c(c7)N=C(c7ccc(-n9c%10ccccc%10c%10cc%11sc%12ccccc%12c%11cc%109)cc7)N/C8=C\C(=N)c7ccccc7)cc6)cc5)n5nc(-c6ccccc6)cc5c4c3)c21. The molecule has 8 aromatic heterocycles. The maximum atomic E-state index is 9.48. The Morgan fingerprint density at radius 2 is 0.758 bits per heavy atom. The number of rotatable bonds is 14. The van der Waals surface area contributed by atoms with Gasteiger partial charge in [0, 0.05) is 119 Å². The Labute approximate surface area is 859 Å². The van der Waals surface area contributed by atoms with E-state index in [4.69, 9.17) is 25.2 Å². The van der Waals surface area contributed by atoms with E-state index in [1.54, 1.807) is 0 Å². The first kappa shape index (κ1) is 84.2. The molecule has 12 nitrogen and oxygen atoms in total. The number of thiophene rings is 1. The molecule has 31 rings (SSSR count). The fraction of sp³-hybridized carbons (Fsp3) is 0.0294. The van der Waals surface area contributed by atoms with Crippen molar-refractivity contribution >= 4 is 153 Å². The average Bonchev–Trinajstić information content (AvgIpc) is 1.52. The van der Waals surface area contributed by atoms with Gasteiger partial charge in [0.15, 0.2) is 11.6 Å². The smallest absolute Gasteiger partial charge is 0.161 e. The minimum Gasteiger partial charge on any atom is -0.339 e. The molecule has 20 aromatic carbocycles. The van der Waals surface area contributed by atoms with E-state index in [2.05, 4.69) is 468 Å². The molecule has 9 heterocycles. The van der Waals surface area contributed by atoms with Crippen molar-refractivity contribution in [1.29, 1.82) is 5.41 Å². The predicted molar refractivity (Wildman–Crippen MR) is 615 cm³/mol. The first-order valence-electron chi connectivity index (χ1n) is 50.8. The van der Waals surface area contributed by atoms with Gasteiger partial charge in [0.1, 0.15) is 5.84 Å². The normalized spacial score (nSPS) is 14.3. The van der Waals surface area contributed by atoms with Gasteiger partial charge >= 0.3 is 0 Å². The third kappa shape index (κ3) is 12.7. The summed E-state index contributed by atoms with van der Waals surface area (Å²) in [6.07, 6.45) is 1.94. The van der Waals surface area contributed by atoms with Gasteiger partial charge in [0.2, 0.25) is 0 Å². The van der Waals surface area contributed by atoms with Crippen LogP contribution in [0.1, 0.15) is 63.9 Å². The number of fused-ring (bicyclic) bond motifs is 25. The van der Waals surface area contributed by atoms with Gasteiger partial charge in [0.25, 0.3) is 0 Å². The molecule has 0 saturated heterocycles. The Hall–Kier alpha value is -19.3. The zero-order valence-corrected chi connectivity index (χ0v) is 81.7. The standard InChI is InChI=1S/C136H86N12S/c1-135(2)112-72-106-97-37-17-23-46-121(97)145(94-64-54-86(55-65-94)133-140-115-45-22-16-41-103(115)127-79-117(142-147(127)133)83-30-9-4-10-31-83)125(106)75-105(112)101-43-27-42-95(131(101)135)89-59-69-116-110(70-89)128-80-118(84-32-11-5-12-33-84)143-148(128)134(141-116)87-56-66-93(67-57-87)144-122-47-24-18-38-98(122)107-73-113-104(74-124(107)144)96-36-15-21-44-111(96)136(113,90-34-13-6-14-35-90)91-60-50-81(51-61-91)88-58-68-102-119(71-88)138-132(139-120(102)78-114(137)82-28-7-3-8-29-82)85-52-62-92(63-53-85)146-123-48-25-19-39-99(123)108-77-130-109(76-126(108)146)100-40-20-26-49-129(100)149-130/h3-80,137H,1-2H3,(H,138,139)/b120-78-,137-114?. The number of para-hydroxylation sites is 4. The molecule has 0 bridgehead atoms. The highest BCUT2D eigenvalue weighted by molar-refractivity contribution is 7.25. The Morgan fingerprint density at radius 1 is 0.289 bits per heavy atom. The van der Waals surface area contributed by atoms with Crippen LogP contribution in [-0.4, -0.2) is 54.4 Å². The molecule has 0 amide bonds. The van der Waals surface area contributed by atoms with Crippen LogP contribution in [0.5, 0.6) is 0 Å². The highest BCUT2D eigenvalue weighted by atomic mass is 32.1. The molecule has 0 spiro atoms. The summed E-state index contributed by atoms with van der Waals surface area (Å²) in [6, 6.07) is 170. The lowest BCUT2D eigenvalue weighted by Crippen LogP contribution is -2.28. The van der Waals surface area contributed by atoms with Gasteiger partial charge < -0.3 is 24.4 Å². The molecule has 2 aliphatic carbocycles. The zero-order valence-electron chi connectivity index (χ0n) is 80.9. The minimum absolute atomic E-state index is 0.377. The number of benzene rings is 20. The topological polar surface area (TPSA) is 123 Å². The Kier molecular flexibility index (Phi) is 18.3. The molecule has 0 radical (unpaired) electrons. The number of aliphatic imine (C=N–C) groups is 1. The zero-order chi connectivity index (χ0) is 98.2. The predicted octanol–water partition coefficient (Wildman–Crippen LogP) is 33.5. The van der Waals surface area contributed by atoms with E-state index in [9.17, 15) is 5.41 Å². The van der Waals surface area contributed by atoms with Crippen molar-refractivity contribution in [3.05, 3.63) is 523 Å². The maximum Gasteiger partial charge on any atom is 0.161 e. The monoisotopic (exact) mass is 1920 g/mol. The summed E-state index contributed by atoms with van der Waals surface area (Å²) >= 11 is 1.85. The van der Waals surface area contributed by atoms with Crippen molar-refractivity contribution in [1.82, 2.24) is 48.2 Å². The van der Waals surface area contributed by atoms with E-state index >= 15 is 0 Å². The van der Waals surface area contributed by atoms with Gasteiger partial charge in [-0.25, -0.2) is 24.0 Å². The lowest BCUT2D eigenvalue weighted by atomic mass is 9.67. The number of nitrogens with zero attached hydrogens (tertiary/aromatic N) is 10. The number of allylic oxidation sites excluding steroid dienone is 1. The van der Waals surface area contributed by atoms with Crippen molar-refractivity contribution in [3.63, 3.8) is 0 Å². The van der Waals surface area contributed by atoms with E-state index in [1.165, 1.54) is 114 Å². The van der Waals surface area contributed by atoms with Crippen LogP contribution in [0.3, 0.4) is 0 Å². The number of hydrogen-bond acceptors (Lipinski definition) is 8. The molecule has 1 aliphatic heterocycles. The second kappa shape index (κ2) is 32.3. The van der Waals surface area contributed by atoms with E-state index < -0.39 is 5.41 Å². The molecule has 1 atom stereocenters. The first-order valence-corrected chi connectivity index (χ1v) is 51.6. The number of aromatic nitrogens is 9. The van der Waals surface area contributed by atoms with Crippen LogP contribution in [0.2, 0.25) is 0 Å². The van der Waals surface area contributed by atoms with E-state index in [1.807, 2.05) is 58.3 Å². The molecule has 2 N–H and O–H groups in total. The molecule has 149 heavy (non-hydrogen) atoms. The quantitative estimate of drug-likeness (QED) is 0.105. The Balaban J connectivity index is 0.482. The molecule has 3 aliphatic rings. The number of hydrogen-bond donors (Lipinski definition) is 2. The van der Waals surface area contributed by atoms with Crippen molar-refractivity contribution in [2.24, 2.45) is 4.99 Å². The van der Waals surface area contributed by atoms with Crippen LogP contribution < -0.4 is 5.32 Å². The molecule has 0 saturated carbocycles. The van der Waals surface area contributed by atoms with Crippen molar-refractivity contribution in [3.8, 4) is 107 Å². The van der Waals surface area contributed by atoms with Crippen LogP contribution in [0, 0.1) is 5.41 Å². The van der Waals surface area contributed by atoms with Gasteiger partial charge in [-0.1, -0.05) is 311 Å². The second-order valence-electron chi connectivity index (χ2n) is 40.2. The van der Waals surface area contributed by atoms with Gasteiger partial charge in [-0.2, -0.15) is 10.2 Å². The summed E-state index contributed by atoms with van der Waals surface area (Å²) in [7, 11) is 0. The Morgan fingerprint density at radius 3 is 1.38 bits per heavy atom. The van der Waals surface area contributed by atoms with Crippen LogP contribution in [0.4, 0.5) is 5.69 Å². The van der Waals surface area contributed by atoms with Crippen molar-refractivity contribution in [2.75, 3.05) is 0 Å². The Bertz CT molecular complexity index is 10700. The third-order valence-electron chi connectivity index (χ3n) is 31.8. The second-order valence-corrected chi connectivity index (χ2v) is 41.3. The van der Waals surface area contributed by atoms with E-state index in [-0.39, 0.29) is 5.41 Å². The molecule has 696 valence electrons. The fourth-order valence-electron chi connectivity index (χ4n) is 24.9. The van der Waals surface area contributed by atoms with Gasteiger partial charge in [-0.15, -0.1) is 11.3 Å². The van der Waals surface area contributed by atoms with Crippen molar-refractivity contribution in [2.45, 2.75) is 24.7 Å². The lowest BCUT2D eigenvalue weighted by molar-refractivity contribution is 0.663. The van der Waals surface area contributed by atoms with E-state index in [0.29, 0.717) is 11.5 Å². The van der Waals surface area contributed by atoms with Crippen molar-refractivity contribution < 1.29 is 0 Å². The summed E-state index contributed by atoms with van der Waals surface area (Å²) in [4.78, 5) is 16.5. The number of nitrogens with one attached hydrogen (secondary N) is 2. The molecular weight excluding hydrogens is 1830 g/mol. The molecule has 1 unspecified atom stereocenters. The van der Waals surface area contributed by atoms with Gasteiger partial charge in [-0.3, -0.25) is 0 Å². The van der Waals surface area contributed by atoms with Crippen LogP contribution in [0.15, 0.2) is 478 Å². The summed E-state index contributed by atoms with van der Waals surface area (Å²) in [5.41, 5.74) is 39.9. The molecule has 13 heteroatoms. The highest BCUT2D eigenvalue weighted by Crippen LogP contribution is 2.60. The summed E-state index contributed by atoms with van der Waals surface area (Å²) in [5, 5.41) is 35.8. The largest absolute Gasteiger partial charge is 0.339 e. The number of amidine groups is 1. The fourth-order valence-corrected chi connectivity index (χ4v) is 26.1. The molecule has 28 aromatic rings. The van der Waals surface area contributed by atoms with Crippen LogP contribution >= 0.6 is 11.3 Å². The maximum absolute atomic E-state index is 9.48. The summed E-state index contributed by atoms with van der Waals surface area (Å²) < 4.78 is 14.0. The average molecular weight is 1920 g/mol. The summed E-state index contributed by atoms with van der Waals surface area (Å²) in [5.74, 6) is 2.24. The van der Waals surface area contributed by atoms with Crippen LogP contribution in [-0.2, 0) is 10.8 Å². The first-order chi connectivity index (χ1) is 73.5. The van der Waals surface area contributed by atoms with Gasteiger partial charge in [0.05, 0.1) is 89.1 Å². The minimum atomic E-state index is -0.713. The summed E-state index contributed by atoms with van der Waals surface area (Å²) in [6.45, 7) is 4.81.